The number of halogens is 1. The molecule has 2 atom stereocenters. The van der Waals surface area contributed by atoms with Gasteiger partial charge in [-0.25, -0.2) is 14.4 Å². The van der Waals surface area contributed by atoms with E-state index >= 15 is 0 Å². The van der Waals surface area contributed by atoms with E-state index in [0.717, 1.165) is 18.5 Å². The van der Waals surface area contributed by atoms with Crippen LogP contribution in [0.3, 0.4) is 0 Å². The zero-order valence-electron chi connectivity index (χ0n) is 15.5. The molecule has 1 aliphatic heterocycles. The number of fused-ring (bicyclic) bond motifs is 2. The molecule has 144 valence electrons. The average Bonchev–Trinajstić information content (AvgIpc) is 3.27. The summed E-state index contributed by atoms with van der Waals surface area (Å²) in [6.45, 7) is 3.48. The Hall–Kier alpha value is -3.00. The number of H-pyrrole nitrogens is 1. The Morgan fingerprint density at radius 2 is 2.11 bits per heavy atom. The number of aromatic amines is 1. The van der Waals surface area contributed by atoms with Crippen molar-refractivity contribution in [1.29, 1.82) is 0 Å². The van der Waals surface area contributed by atoms with E-state index in [1.807, 2.05) is 6.92 Å². The standard InChI is InChI=1S/C20H20FN5O2/c1-8-19(23-10-3-4-10)25-18-13(22-8)6-5-12(21)15(18)14-7-11-17(24-14)16(9(2)27)26-20(11)28/h5-7,9-10,16,24,27H,3-4H2,1-2H3,(H,23,25)(H,26,28)/t9-,16-/m0/s1. The van der Waals surface area contributed by atoms with Gasteiger partial charge in [0.25, 0.3) is 5.91 Å². The number of carbonyl (C=O) groups is 1. The van der Waals surface area contributed by atoms with Gasteiger partial charge in [-0.15, -0.1) is 0 Å². The number of nitrogens with zero attached hydrogens (tertiary/aromatic N) is 2. The number of aliphatic hydroxyl groups excluding tert-OH is 1. The summed E-state index contributed by atoms with van der Waals surface area (Å²) in [6, 6.07) is 4.43. The number of carbonyl (C=O) groups excluding carboxylic acids is 1. The van der Waals surface area contributed by atoms with E-state index in [2.05, 4.69) is 25.6 Å². The number of hydrogen-bond acceptors (Lipinski definition) is 5. The Labute approximate surface area is 160 Å². The molecule has 0 unspecified atom stereocenters. The molecule has 1 aromatic carbocycles. The smallest absolute Gasteiger partial charge is 0.253 e. The van der Waals surface area contributed by atoms with Crippen LogP contribution >= 0.6 is 0 Å². The summed E-state index contributed by atoms with van der Waals surface area (Å²) in [4.78, 5) is 24.6. The van der Waals surface area contributed by atoms with Gasteiger partial charge in [-0.3, -0.25) is 4.79 Å². The Bertz CT molecular complexity index is 1120. The Morgan fingerprint density at radius 3 is 2.82 bits per heavy atom. The van der Waals surface area contributed by atoms with Gasteiger partial charge in [0.05, 0.1) is 45.9 Å². The van der Waals surface area contributed by atoms with Gasteiger partial charge < -0.3 is 20.7 Å². The van der Waals surface area contributed by atoms with Crippen molar-refractivity contribution < 1.29 is 14.3 Å². The number of anilines is 1. The van der Waals surface area contributed by atoms with Crippen LogP contribution in [0, 0.1) is 12.7 Å². The van der Waals surface area contributed by atoms with E-state index in [1.54, 1.807) is 19.1 Å². The molecule has 3 heterocycles. The minimum absolute atomic E-state index is 0.274. The third-order valence-corrected chi connectivity index (χ3v) is 5.32. The summed E-state index contributed by atoms with van der Waals surface area (Å²) in [5, 5.41) is 16.0. The van der Waals surface area contributed by atoms with E-state index in [4.69, 9.17) is 0 Å². The summed E-state index contributed by atoms with van der Waals surface area (Å²) in [5.74, 6) is -0.0837. The summed E-state index contributed by atoms with van der Waals surface area (Å²) in [6.07, 6.45) is 1.41. The van der Waals surface area contributed by atoms with Crippen molar-refractivity contribution >= 4 is 22.8 Å². The zero-order chi connectivity index (χ0) is 19.6. The molecule has 4 N–H and O–H groups in total. The molecule has 5 rings (SSSR count). The fraction of sp³-hybridized carbons (Fsp3) is 0.350. The van der Waals surface area contributed by atoms with Crippen molar-refractivity contribution in [2.45, 2.75) is 44.9 Å². The zero-order valence-corrected chi connectivity index (χ0v) is 15.5. The second-order valence-electron chi connectivity index (χ2n) is 7.57. The predicted molar refractivity (Wildman–Crippen MR) is 103 cm³/mol. The van der Waals surface area contributed by atoms with Crippen LogP contribution in [0.25, 0.3) is 22.3 Å². The lowest BCUT2D eigenvalue weighted by Crippen LogP contribution is -2.28. The van der Waals surface area contributed by atoms with E-state index in [-0.39, 0.29) is 11.5 Å². The van der Waals surface area contributed by atoms with Crippen LogP contribution in [0.5, 0.6) is 0 Å². The van der Waals surface area contributed by atoms with Crippen molar-refractivity contribution in [3.05, 3.63) is 41.0 Å². The van der Waals surface area contributed by atoms with E-state index in [9.17, 15) is 14.3 Å². The second-order valence-corrected chi connectivity index (χ2v) is 7.57. The molecule has 0 spiro atoms. The van der Waals surface area contributed by atoms with Crippen LogP contribution in [-0.4, -0.2) is 38.1 Å². The van der Waals surface area contributed by atoms with Gasteiger partial charge in [0.15, 0.2) is 0 Å². The first-order chi connectivity index (χ1) is 13.4. The number of benzene rings is 1. The number of aromatic nitrogens is 3. The molecule has 28 heavy (non-hydrogen) atoms. The number of aliphatic hydroxyl groups is 1. The Kier molecular flexibility index (Phi) is 3.67. The molecule has 0 saturated heterocycles. The lowest BCUT2D eigenvalue weighted by atomic mass is 10.1. The lowest BCUT2D eigenvalue weighted by Gasteiger charge is -2.14. The highest BCUT2D eigenvalue weighted by Crippen LogP contribution is 2.36. The maximum Gasteiger partial charge on any atom is 0.253 e. The Balaban J connectivity index is 1.68. The maximum absolute atomic E-state index is 14.9. The van der Waals surface area contributed by atoms with E-state index in [0.29, 0.717) is 39.8 Å². The van der Waals surface area contributed by atoms with Gasteiger partial charge in [-0.1, -0.05) is 0 Å². The van der Waals surface area contributed by atoms with E-state index < -0.39 is 18.0 Å². The van der Waals surface area contributed by atoms with E-state index in [1.165, 1.54) is 6.07 Å². The van der Waals surface area contributed by atoms with Crippen LogP contribution < -0.4 is 10.6 Å². The quantitative estimate of drug-likeness (QED) is 0.557. The summed E-state index contributed by atoms with van der Waals surface area (Å²) >= 11 is 0. The summed E-state index contributed by atoms with van der Waals surface area (Å²) < 4.78 is 14.9. The predicted octanol–water partition coefficient (Wildman–Crippen LogP) is 2.81. The molecule has 7 nitrogen and oxygen atoms in total. The first-order valence-corrected chi connectivity index (χ1v) is 9.38. The number of amides is 1. The monoisotopic (exact) mass is 381 g/mol. The highest BCUT2D eigenvalue weighted by Gasteiger charge is 2.34. The van der Waals surface area contributed by atoms with Crippen molar-refractivity contribution in [1.82, 2.24) is 20.3 Å². The number of aryl methyl sites for hydroxylation is 1. The normalized spacial score (nSPS) is 19.6. The summed E-state index contributed by atoms with van der Waals surface area (Å²) in [5.41, 5.74) is 3.47. The fourth-order valence-electron chi connectivity index (χ4n) is 3.69. The van der Waals surface area contributed by atoms with Crippen molar-refractivity contribution in [2.75, 3.05) is 5.32 Å². The fourth-order valence-corrected chi connectivity index (χ4v) is 3.69. The molecule has 0 bridgehead atoms. The third-order valence-electron chi connectivity index (χ3n) is 5.32. The number of nitrogens with one attached hydrogen (secondary N) is 3. The topological polar surface area (TPSA) is 103 Å². The van der Waals surface area contributed by atoms with Crippen LogP contribution in [0.4, 0.5) is 10.2 Å². The number of rotatable bonds is 4. The molecule has 3 aromatic rings. The molecular weight excluding hydrogens is 361 g/mol. The SMILES string of the molecule is Cc1nc2ccc(F)c(-c3cc4c([nH]3)[C@H]([C@H](C)O)NC4=O)c2nc1NC1CC1. The molecule has 2 aliphatic rings. The van der Waals surface area contributed by atoms with Gasteiger partial charge >= 0.3 is 0 Å². The van der Waals surface area contributed by atoms with Crippen molar-refractivity contribution in [3.8, 4) is 11.3 Å². The minimum atomic E-state index is -0.772. The molecular formula is C20H20FN5O2. The molecule has 2 aromatic heterocycles. The van der Waals surface area contributed by atoms with Crippen LogP contribution in [0.2, 0.25) is 0 Å². The van der Waals surface area contributed by atoms with Crippen LogP contribution in [0.15, 0.2) is 18.2 Å². The Morgan fingerprint density at radius 1 is 1.32 bits per heavy atom. The van der Waals surface area contributed by atoms with Crippen molar-refractivity contribution in [2.24, 2.45) is 0 Å². The van der Waals surface area contributed by atoms with Gasteiger partial charge in [-0.05, 0) is 44.9 Å². The van der Waals surface area contributed by atoms with Crippen LogP contribution in [0.1, 0.15) is 47.6 Å². The molecule has 8 heteroatoms. The van der Waals surface area contributed by atoms with Gasteiger partial charge in [0.1, 0.15) is 17.2 Å². The van der Waals surface area contributed by atoms with Gasteiger partial charge in [0.2, 0.25) is 0 Å². The molecule has 1 amide bonds. The van der Waals surface area contributed by atoms with Gasteiger partial charge in [-0.2, -0.15) is 0 Å². The molecule has 1 fully saturated rings. The third kappa shape index (κ3) is 2.63. The second kappa shape index (κ2) is 6.00. The van der Waals surface area contributed by atoms with Gasteiger partial charge in [0, 0.05) is 6.04 Å². The molecule has 1 saturated carbocycles. The molecule has 1 aliphatic carbocycles. The minimum Gasteiger partial charge on any atom is -0.391 e. The van der Waals surface area contributed by atoms with Crippen molar-refractivity contribution in [3.63, 3.8) is 0 Å². The first kappa shape index (κ1) is 17.1. The highest BCUT2D eigenvalue weighted by molar-refractivity contribution is 6.01. The lowest BCUT2D eigenvalue weighted by molar-refractivity contribution is 0.0899. The number of hydrogen-bond donors (Lipinski definition) is 4. The largest absolute Gasteiger partial charge is 0.391 e. The van der Waals surface area contributed by atoms with Crippen LogP contribution in [-0.2, 0) is 0 Å². The summed E-state index contributed by atoms with van der Waals surface area (Å²) in [7, 11) is 0. The maximum atomic E-state index is 14.9. The average molecular weight is 381 g/mol. The first-order valence-electron chi connectivity index (χ1n) is 9.38. The highest BCUT2D eigenvalue weighted by atomic mass is 19.1. The molecule has 0 radical (unpaired) electrons.